The Hall–Kier alpha value is -4.01. The van der Waals surface area contributed by atoms with Crippen LogP contribution in [0.4, 0.5) is 5.69 Å². The summed E-state index contributed by atoms with van der Waals surface area (Å²) in [4.78, 5) is 18.9. The molecule has 0 aliphatic heterocycles. The molecule has 0 atom stereocenters. The van der Waals surface area contributed by atoms with Crippen molar-refractivity contribution in [3.8, 4) is 17.3 Å². The number of aromatic amines is 2. The predicted octanol–water partition coefficient (Wildman–Crippen LogP) is 2.59. The van der Waals surface area contributed by atoms with Crippen LogP contribution in [0.15, 0.2) is 47.5 Å². The van der Waals surface area contributed by atoms with Crippen molar-refractivity contribution in [1.29, 1.82) is 0 Å². The number of hydrogen-bond acceptors (Lipinski definition) is 7. The van der Waals surface area contributed by atoms with E-state index >= 15 is 0 Å². The third-order valence-corrected chi connectivity index (χ3v) is 4.05. The molecule has 27 heavy (non-hydrogen) atoms. The van der Waals surface area contributed by atoms with Crippen molar-refractivity contribution in [3.63, 3.8) is 0 Å². The smallest absolute Gasteiger partial charge is 0.337 e. The van der Waals surface area contributed by atoms with E-state index in [0.717, 1.165) is 10.9 Å². The van der Waals surface area contributed by atoms with Crippen LogP contribution < -0.4 is 0 Å². The molecule has 134 valence electrons. The molecule has 2 aromatic carbocycles. The molecular formula is C18H14N6O3. The minimum atomic E-state index is -0.442. The largest absolute Gasteiger partial charge is 0.494 e. The number of ether oxygens (including phenoxy) is 1. The lowest BCUT2D eigenvalue weighted by Gasteiger charge is -1.99. The quantitative estimate of drug-likeness (QED) is 0.378. The number of tetrazole rings is 1. The molecule has 0 saturated carbocycles. The van der Waals surface area contributed by atoms with Crippen molar-refractivity contribution in [1.82, 2.24) is 25.6 Å². The van der Waals surface area contributed by atoms with Crippen molar-refractivity contribution in [2.75, 3.05) is 7.11 Å². The van der Waals surface area contributed by atoms with Crippen molar-refractivity contribution in [2.45, 2.75) is 0 Å². The summed E-state index contributed by atoms with van der Waals surface area (Å²) in [6, 6.07) is 12.3. The second-order valence-electron chi connectivity index (χ2n) is 5.68. The van der Waals surface area contributed by atoms with Crippen LogP contribution in [0.2, 0.25) is 0 Å². The highest BCUT2D eigenvalue weighted by Crippen LogP contribution is 2.27. The van der Waals surface area contributed by atoms with Gasteiger partial charge in [0.1, 0.15) is 0 Å². The van der Waals surface area contributed by atoms with Gasteiger partial charge in [0.25, 0.3) is 0 Å². The molecule has 9 nitrogen and oxygen atoms in total. The van der Waals surface area contributed by atoms with Gasteiger partial charge in [0.05, 0.1) is 23.9 Å². The van der Waals surface area contributed by atoms with Gasteiger partial charge in [-0.25, -0.2) is 4.79 Å². The van der Waals surface area contributed by atoms with Gasteiger partial charge >= 0.3 is 5.97 Å². The highest BCUT2D eigenvalue weighted by atomic mass is 16.5. The zero-order valence-corrected chi connectivity index (χ0v) is 14.2. The lowest BCUT2D eigenvalue weighted by atomic mass is 10.1. The highest BCUT2D eigenvalue weighted by Gasteiger charge is 2.12. The highest BCUT2D eigenvalue weighted by molar-refractivity contribution is 6.04. The topological polar surface area (TPSA) is 129 Å². The Bertz CT molecular complexity index is 1130. The van der Waals surface area contributed by atoms with Crippen LogP contribution in [0.25, 0.3) is 22.3 Å². The molecule has 2 heterocycles. The summed E-state index contributed by atoms with van der Waals surface area (Å²) in [7, 11) is 1.32. The summed E-state index contributed by atoms with van der Waals surface area (Å²) in [5.74, 6) is 0.0308. The standard InChI is InChI=1S/C18H14N6O3/c1-27-18(26)11-4-7-13-14(17(25)20-15(13)8-11)9-19-12-5-2-10(3-6-12)16-21-23-24-22-16/h2-9,20,25H,1H3,(H,21,22,23,24). The van der Waals surface area contributed by atoms with E-state index in [9.17, 15) is 9.90 Å². The summed E-state index contributed by atoms with van der Waals surface area (Å²) in [6.45, 7) is 0. The maximum absolute atomic E-state index is 11.6. The van der Waals surface area contributed by atoms with E-state index in [4.69, 9.17) is 4.74 Å². The normalized spacial score (nSPS) is 11.3. The Balaban J connectivity index is 1.62. The van der Waals surface area contributed by atoms with Crippen molar-refractivity contribution in [3.05, 3.63) is 53.6 Å². The Morgan fingerprint density at radius 1 is 1.22 bits per heavy atom. The van der Waals surface area contributed by atoms with E-state index in [-0.39, 0.29) is 5.88 Å². The molecule has 4 rings (SSSR count). The summed E-state index contributed by atoms with van der Waals surface area (Å²) < 4.78 is 4.71. The van der Waals surface area contributed by atoms with Gasteiger partial charge in [0, 0.05) is 22.7 Å². The number of benzene rings is 2. The Labute approximate surface area is 152 Å². The second-order valence-corrected chi connectivity index (χ2v) is 5.68. The van der Waals surface area contributed by atoms with Crippen molar-refractivity contribution < 1.29 is 14.6 Å². The Kier molecular flexibility index (Phi) is 4.09. The zero-order chi connectivity index (χ0) is 18.8. The lowest BCUT2D eigenvalue weighted by Crippen LogP contribution is -2.00. The SMILES string of the molecule is COC(=O)c1ccc2c(C=Nc3ccc(-c4nn[nH]n4)cc3)c(O)[nH]c2c1. The van der Waals surface area contributed by atoms with Crippen LogP contribution in [-0.2, 0) is 4.74 Å². The number of methoxy groups -OCH3 is 1. The molecule has 0 fully saturated rings. The summed E-state index contributed by atoms with van der Waals surface area (Å²) in [5.41, 5.74) is 3.05. The number of fused-ring (bicyclic) bond motifs is 1. The molecule has 4 aromatic rings. The van der Waals surface area contributed by atoms with Crippen LogP contribution in [0.3, 0.4) is 0 Å². The minimum Gasteiger partial charge on any atom is -0.494 e. The molecule has 0 aliphatic rings. The van der Waals surface area contributed by atoms with E-state index in [0.29, 0.717) is 28.2 Å². The molecule has 0 amide bonds. The van der Waals surface area contributed by atoms with Crippen LogP contribution in [0.5, 0.6) is 5.88 Å². The number of carbonyl (C=O) groups is 1. The first-order valence-electron chi connectivity index (χ1n) is 7.96. The minimum absolute atomic E-state index is 0.0285. The summed E-state index contributed by atoms with van der Waals surface area (Å²) >= 11 is 0. The Morgan fingerprint density at radius 2 is 2.04 bits per heavy atom. The maximum atomic E-state index is 11.6. The molecule has 9 heteroatoms. The van der Waals surface area contributed by atoms with E-state index < -0.39 is 5.97 Å². The number of nitrogens with one attached hydrogen (secondary N) is 2. The maximum Gasteiger partial charge on any atom is 0.337 e. The van der Waals surface area contributed by atoms with Gasteiger partial charge in [-0.05, 0) is 41.6 Å². The number of nitrogens with zero attached hydrogens (tertiary/aromatic N) is 4. The fourth-order valence-electron chi connectivity index (χ4n) is 2.70. The van der Waals surface area contributed by atoms with Crippen LogP contribution in [0, 0.1) is 0 Å². The molecular weight excluding hydrogens is 348 g/mol. The molecule has 0 saturated heterocycles. The first-order valence-corrected chi connectivity index (χ1v) is 7.96. The van der Waals surface area contributed by atoms with E-state index in [1.54, 1.807) is 24.4 Å². The molecule has 0 spiro atoms. The first-order chi connectivity index (χ1) is 13.2. The predicted molar refractivity (Wildman–Crippen MR) is 98.2 cm³/mol. The van der Waals surface area contributed by atoms with E-state index in [2.05, 4.69) is 30.6 Å². The average molecular weight is 362 g/mol. The van der Waals surface area contributed by atoms with Crippen LogP contribution >= 0.6 is 0 Å². The average Bonchev–Trinajstić information content (AvgIpc) is 3.33. The third-order valence-electron chi connectivity index (χ3n) is 4.05. The van der Waals surface area contributed by atoms with Gasteiger partial charge in [-0.3, -0.25) is 4.99 Å². The third kappa shape index (κ3) is 3.13. The number of H-pyrrole nitrogens is 2. The molecule has 3 N–H and O–H groups in total. The van der Waals surface area contributed by atoms with Gasteiger partial charge < -0.3 is 14.8 Å². The van der Waals surface area contributed by atoms with Gasteiger partial charge in [0.2, 0.25) is 5.82 Å². The van der Waals surface area contributed by atoms with E-state index in [1.165, 1.54) is 7.11 Å². The summed E-state index contributed by atoms with van der Waals surface area (Å²) in [5, 5.41) is 24.7. The summed E-state index contributed by atoms with van der Waals surface area (Å²) in [6.07, 6.45) is 1.56. The molecule has 2 aromatic heterocycles. The molecule has 0 radical (unpaired) electrons. The fourth-order valence-corrected chi connectivity index (χ4v) is 2.70. The number of carbonyl (C=O) groups excluding carboxylic acids is 1. The Morgan fingerprint density at radius 3 is 2.74 bits per heavy atom. The molecule has 0 aliphatic carbocycles. The zero-order valence-electron chi connectivity index (χ0n) is 14.2. The number of hydrogen-bond donors (Lipinski definition) is 3. The van der Waals surface area contributed by atoms with Gasteiger partial charge in [-0.15, -0.1) is 10.2 Å². The van der Waals surface area contributed by atoms with Crippen LogP contribution in [0.1, 0.15) is 15.9 Å². The number of aliphatic imine (C=N–C) groups is 1. The van der Waals surface area contributed by atoms with Gasteiger partial charge in [-0.2, -0.15) is 5.21 Å². The molecule has 0 bridgehead atoms. The number of aromatic hydroxyl groups is 1. The number of rotatable bonds is 4. The lowest BCUT2D eigenvalue weighted by molar-refractivity contribution is 0.0601. The number of esters is 1. The van der Waals surface area contributed by atoms with Crippen molar-refractivity contribution >= 4 is 28.8 Å². The van der Waals surface area contributed by atoms with Crippen LogP contribution in [-0.4, -0.2) is 50.0 Å². The van der Waals surface area contributed by atoms with Gasteiger partial charge in [-0.1, -0.05) is 6.07 Å². The second kappa shape index (κ2) is 6.71. The monoisotopic (exact) mass is 362 g/mol. The molecule has 0 unspecified atom stereocenters. The fraction of sp³-hybridized carbons (Fsp3) is 0.0556. The van der Waals surface area contributed by atoms with Crippen molar-refractivity contribution in [2.24, 2.45) is 4.99 Å². The van der Waals surface area contributed by atoms with E-state index in [1.807, 2.05) is 24.3 Å². The van der Waals surface area contributed by atoms with Gasteiger partial charge in [0.15, 0.2) is 5.88 Å². The first kappa shape index (κ1) is 16.5. The number of aromatic nitrogens is 5.